The fourth-order valence-electron chi connectivity index (χ4n) is 3.44. The molecule has 1 N–H and O–H groups in total. The molecule has 1 aliphatic heterocycles. The molecule has 0 spiro atoms. The van der Waals surface area contributed by atoms with Gasteiger partial charge in [0.15, 0.2) is 0 Å². The molecule has 1 atom stereocenters. The molecule has 8 nitrogen and oxygen atoms in total. The molecule has 2 amide bonds. The Hall–Kier alpha value is -2.42. The molecule has 0 aliphatic carbocycles. The molecular formula is C22H34FN3O5. The molecule has 0 aromatic carbocycles. The number of rotatable bonds is 9. The zero-order chi connectivity index (χ0) is 23.0. The standard InChI is InChI=1S/C22H34FN3O5/c1-22(2,3)31-21(28)26-11-8-10-18(26)19(27)24-14-15-13-16(23)17(25-20(15)30-5)9-6-7-12-29-4/h13,18H,6-12,14H2,1-5H3,(H,24,27)/t18-/m0/s1. The number of carbonyl (C=O) groups is 2. The molecule has 0 unspecified atom stereocenters. The quantitative estimate of drug-likeness (QED) is 0.594. The second-order valence-corrected chi connectivity index (χ2v) is 8.58. The Morgan fingerprint density at radius 2 is 2.03 bits per heavy atom. The van der Waals surface area contributed by atoms with Crippen LogP contribution < -0.4 is 10.1 Å². The van der Waals surface area contributed by atoms with E-state index in [0.29, 0.717) is 43.7 Å². The number of amides is 2. The third-order valence-corrected chi connectivity index (χ3v) is 4.93. The maximum absolute atomic E-state index is 14.5. The van der Waals surface area contributed by atoms with Crippen LogP contribution in [0.4, 0.5) is 9.18 Å². The summed E-state index contributed by atoms with van der Waals surface area (Å²) in [6.07, 6.45) is 2.80. The van der Waals surface area contributed by atoms with E-state index in [4.69, 9.17) is 14.2 Å². The van der Waals surface area contributed by atoms with Crippen LogP contribution in [0.5, 0.6) is 5.88 Å². The monoisotopic (exact) mass is 439 g/mol. The molecule has 2 heterocycles. The summed E-state index contributed by atoms with van der Waals surface area (Å²) in [5.74, 6) is -0.466. The fraction of sp³-hybridized carbons (Fsp3) is 0.682. The molecule has 9 heteroatoms. The number of aromatic nitrogens is 1. The highest BCUT2D eigenvalue weighted by Crippen LogP contribution is 2.23. The average molecular weight is 440 g/mol. The minimum absolute atomic E-state index is 0.0501. The summed E-state index contributed by atoms with van der Waals surface area (Å²) >= 11 is 0. The number of halogens is 1. The first-order chi connectivity index (χ1) is 14.7. The summed E-state index contributed by atoms with van der Waals surface area (Å²) in [5.41, 5.74) is 0.133. The minimum Gasteiger partial charge on any atom is -0.481 e. The number of nitrogens with zero attached hydrogens (tertiary/aromatic N) is 2. The SMILES string of the molecule is COCCCCc1nc(OC)c(CNC(=O)[C@@H]2CCCN2C(=O)OC(C)(C)C)cc1F. The van der Waals surface area contributed by atoms with E-state index in [2.05, 4.69) is 10.3 Å². The highest BCUT2D eigenvalue weighted by Gasteiger charge is 2.36. The molecule has 0 saturated carbocycles. The first-order valence-corrected chi connectivity index (χ1v) is 10.6. The molecule has 1 saturated heterocycles. The van der Waals surface area contributed by atoms with Gasteiger partial charge in [-0.2, -0.15) is 0 Å². The zero-order valence-corrected chi connectivity index (χ0v) is 19.1. The van der Waals surface area contributed by atoms with Gasteiger partial charge in [0.2, 0.25) is 11.8 Å². The predicted octanol–water partition coefficient (Wildman–Crippen LogP) is 3.21. The molecule has 0 bridgehead atoms. The Labute approximate surface area is 183 Å². The van der Waals surface area contributed by atoms with E-state index in [1.807, 2.05) is 0 Å². The molecule has 1 aromatic rings. The van der Waals surface area contributed by atoms with Crippen molar-refractivity contribution in [3.05, 3.63) is 23.1 Å². The third-order valence-electron chi connectivity index (χ3n) is 4.93. The van der Waals surface area contributed by atoms with Crippen molar-refractivity contribution in [3.63, 3.8) is 0 Å². The number of nitrogens with one attached hydrogen (secondary N) is 1. The van der Waals surface area contributed by atoms with E-state index >= 15 is 0 Å². The van der Waals surface area contributed by atoms with Gasteiger partial charge in [-0.15, -0.1) is 0 Å². The van der Waals surface area contributed by atoms with Crippen molar-refractivity contribution in [1.29, 1.82) is 0 Å². The summed E-state index contributed by atoms with van der Waals surface area (Å²) in [6, 6.07) is 0.733. The molecule has 2 rings (SSSR count). The lowest BCUT2D eigenvalue weighted by Gasteiger charge is -2.28. The van der Waals surface area contributed by atoms with Crippen LogP contribution in [0.3, 0.4) is 0 Å². The summed E-state index contributed by atoms with van der Waals surface area (Å²) in [5, 5.41) is 2.78. The predicted molar refractivity (Wildman–Crippen MR) is 113 cm³/mol. The van der Waals surface area contributed by atoms with Crippen molar-refractivity contribution in [2.75, 3.05) is 27.4 Å². The highest BCUT2D eigenvalue weighted by atomic mass is 19.1. The lowest BCUT2D eigenvalue weighted by molar-refractivity contribution is -0.125. The second-order valence-electron chi connectivity index (χ2n) is 8.58. The van der Waals surface area contributed by atoms with E-state index in [9.17, 15) is 14.0 Å². The number of aryl methyl sites for hydroxylation is 1. The molecule has 31 heavy (non-hydrogen) atoms. The van der Waals surface area contributed by atoms with Crippen molar-refractivity contribution in [2.45, 2.75) is 71.1 Å². The highest BCUT2D eigenvalue weighted by molar-refractivity contribution is 5.86. The van der Waals surface area contributed by atoms with Gasteiger partial charge in [0.1, 0.15) is 17.5 Å². The number of unbranched alkanes of at least 4 members (excludes halogenated alkanes) is 1. The van der Waals surface area contributed by atoms with E-state index in [-0.39, 0.29) is 18.3 Å². The topological polar surface area (TPSA) is 90.0 Å². The fourth-order valence-corrected chi connectivity index (χ4v) is 3.44. The van der Waals surface area contributed by atoms with Crippen LogP contribution in [0.25, 0.3) is 0 Å². The Morgan fingerprint density at radius 3 is 2.68 bits per heavy atom. The maximum atomic E-state index is 14.5. The number of pyridine rings is 1. The van der Waals surface area contributed by atoms with Crippen molar-refractivity contribution in [3.8, 4) is 5.88 Å². The van der Waals surface area contributed by atoms with Gasteiger partial charge in [-0.05, 0) is 58.9 Å². The summed E-state index contributed by atoms with van der Waals surface area (Å²) in [6.45, 7) is 6.48. The summed E-state index contributed by atoms with van der Waals surface area (Å²) in [7, 11) is 3.09. The van der Waals surface area contributed by atoms with Crippen LogP contribution in [0, 0.1) is 5.82 Å². The van der Waals surface area contributed by atoms with Crippen LogP contribution in [0.2, 0.25) is 0 Å². The average Bonchev–Trinajstić information content (AvgIpc) is 3.19. The largest absolute Gasteiger partial charge is 0.481 e. The Bertz CT molecular complexity index is 766. The van der Waals surface area contributed by atoms with Gasteiger partial charge < -0.3 is 19.5 Å². The first kappa shape index (κ1) is 24.8. The van der Waals surface area contributed by atoms with Crippen molar-refractivity contribution < 1.29 is 28.2 Å². The van der Waals surface area contributed by atoms with E-state index < -0.39 is 23.6 Å². The van der Waals surface area contributed by atoms with E-state index in [1.54, 1.807) is 27.9 Å². The maximum Gasteiger partial charge on any atom is 0.410 e. The molecule has 0 radical (unpaired) electrons. The Morgan fingerprint density at radius 1 is 1.29 bits per heavy atom. The zero-order valence-electron chi connectivity index (χ0n) is 19.1. The van der Waals surface area contributed by atoms with Gasteiger partial charge in [-0.3, -0.25) is 9.69 Å². The normalized spacial score (nSPS) is 16.3. The van der Waals surface area contributed by atoms with Crippen LogP contribution in [0.15, 0.2) is 6.07 Å². The van der Waals surface area contributed by atoms with Crippen LogP contribution >= 0.6 is 0 Å². The smallest absolute Gasteiger partial charge is 0.410 e. The van der Waals surface area contributed by atoms with Crippen LogP contribution in [-0.2, 0) is 27.2 Å². The number of carbonyl (C=O) groups excluding carboxylic acids is 2. The van der Waals surface area contributed by atoms with Gasteiger partial charge in [0, 0.05) is 32.4 Å². The van der Waals surface area contributed by atoms with Gasteiger partial charge >= 0.3 is 6.09 Å². The van der Waals surface area contributed by atoms with Crippen LogP contribution in [-0.4, -0.2) is 60.9 Å². The molecular weight excluding hydrogens is 405 g/mol. The van der Waals surface area contributed by atoms with Gasteiger partial charge in [0.05, 0.1) is 12.8 Å². The van der Waals surface area contributed by atoms with E-state index in [0.717, 1.165) is 12.8 Å². The first-order valence-electron chi connectivity index (χ1n) is 10.6. The molecule has 1 aromatic heterocycles. The Kier molecular flexibility index (Phi) is 9.03. The Balaban J connectivity index is 2.00. The van der Waals surface area contributed by atoms with Crippen molar-refractivity contribution in [2.24, 2.45) is 0 Å². The molecule has 1 fully saturated rings. The lowest BCUT2D eigenvalue weighted by Crippen LogP contribution is -2.47. The lowest BCUT2D eigenvalue weighted by atomic mass is 10.1. The van der Waals surface area contributed by atoms with Crippen LogP contribution in [0.1, 0.15) is 57.7 Å². The number of likely N-dealkylation sites (tertiary alicyclic amines) is 1. The van der Waals surface area contributed by atoms with Gasteiger partial charge in [-0.25, -0.2) is 14.2 Å². The van der Waals surface area contributed by atoms with Gasteiger partial charge in [0.25, 0.3) is 0 Å². The molecule has 174 valence electrons. The van der Waals surface area contributed by atoms with Crippen molar-refractivity contribution in [1.82, 2.24) is 15.2 Å². The van der Waals surface area contributed by atoms with E-state index in [1.165, 1.54) is 18.1 Å². The number of hydrogen-bond acceptors (Lipinski definition) is 6. The van der Waals surface area contributed by atoms with Crippen molar-refractivity contribution >= 4 is 12.0 Å². The summed E-state index contributed by atoms with van der Waals surface area (Å²) < 4.78 is 30.2. The number of methoxy groups -OCH3 is 2. The minimum atomic E-state index is -0.636. The number of ether oxygens (including phenoxy) is 3. The number of hydrogen-bond donors (Lipinski definition) is 1. The van der Waals surface area contributed by atoms with Gasteiger partial charge in [-0.1, -0.05) is 0 Å². The third kappa shape index (κ3) is 7.34. The molecule has 1 aliphatic rings. The second kappa shape index (κ2) is 11.3. The summed E-state index contributed by atoms with van der Waals surface area (Å²) in [4.78, 5) is 30.8.